The highest BCUT2D eigenvalue weighted by Crippen LogP contribution is 2.18. The lowest BCUT2D eigenvalue weighted by molar-refractivity contribution is 0.460. The predicted molar refractivity (Wildman–Crippen MR) is 56.1 cm³/mol. The van der Waals surface area contributed by atoms with E-state index < -0.39 is 0 Å². The van der Waals surface area contributed by atoms with Crippen LogP contribution in [0.3, 0.4) is 0 Å². The van der Waals surface area contributed by atoms with Crippen molar-refractivity contribution in [3.05, 3.63) is 52.6 Å². The van der Waals surface area contributed by atoms with E-state index in [0.29, 0.717) is 11.6 Å². The number of nitrogens with one attached hydrogen (secondary N) is 1. The van der Waals surface area contributed by atoms with Crippen molar-refractivity contribution in [1.29, 1.82) is 0 Å². The molecule has 0 saturated heterocycles. The van der Waals surface area contributed by atoms with Crippen molar-refractivity contribution < 1.29 is 4.74 Å². The quantitative estimate of drug-likeness (QED) is 0.808. The number of ether oxygens (including phenoxy) is 1. The Hall–Kier alpha value is -2.10. The molecule has 1 aromatic carbocycles. The van der Waals surface area contributed by atoms with Gasteiger partial charge in [-0.2, -0.15) is 0 Å². The lowest BCUT2D eigenvalue weighted by atomic mass is 10.2. The maximum absolute atomic E-state index is 11.0. The summed E-state index contributed by atoms with van der Waals surface area (Å²) in [7, 11) is 0. The topological polar surface area (TPSA) is 55.0 Å². The molecule has 0 bridgehead atoms. The van der Waals surface area contributed by atoms with Crippen LogP contribution < -0.4 is 10.3 Å². The molecular formula is C11H10N2O2. The van der Waals surface area contributed by atoms with Gasteiger partial charge in [-0.25, -0.2) is 4.98 Å². The second-order valence-corrected chi connectivity index (χ2v) is 3.17. The molecule has 0 fully saturated rings. The summed E-state index contributed by atoms with van der Waals surface area (Å²) < 4.78 is 5.41. The van der Waals surface area contributed by atoms with Gasteiger partial charge in [0.1, 0.15) is 5.75 Å². The number of benzene rings is 1. The molecule has 0 saturated carbocycles. The Balaban J connectivity index is 2.26. The monoisotopic (exact) mass is 202 g/mol. The second kappa shape index (κ2) is 3.96. The Bertz CT molecular complexity index is 520. The maximum Gasteiger partial charge on any atom is 0.254 e. The normalized spacial score (nSPS) is 9.93. The largest absolute Gasteiger partial charge is 0.439 e. The summed E-state index contributed by atoms with van der Waals surface area (Å²) in [6.45, 7) is 1.97. The van der Waals surface area contributed by atoms with Crippen molar-refractivity contribution in [2.45, 2.75) is 6.92 Å². The number of hydrogen-bond donors (Lipinski definition) is 1. The molecule has 0 aliphatic heterocycles. The van der Waals surface area contributed by atoms with Crippen LogP contribution in [-0.4, -0.2) is 9.97 Å². The van der Waals surface area contributed by atoms with Crippen LogP contribution >= 0.6 is 0 Å². The van der Waals surface area contributed by atoms with Crippen molar-refractivity contribution in [2.75, 3.05) is 0 Å². The predicted octanol–water partition coefficient (Wildman–Crippen LogP) is 1.87. The summed E-state index contributed by atoms with van der Waals surface area (Å²) in [4.78, 5) is 17.3. The van der Waals surface area contributed by atoms with E-state index in [2.05, 4.69) is 9.97 Å². The van der Waals surface area contributed by atoms with Gasteiger partial charge in [-0.15, -0.1) is 0 Å². The molecule has 0 aliphatic rings. The van der Waals surface area contributed by atoms with Gasteiger partial charge in [0.15, 0.2) is 0 Å². The molecule has 1 aromatic heterocycles. The van der Waals surface area contributed by atoms with Crippen molar-refractivity contribution in [2.24, 2.45) is 0 Å². The van der Waals surface area contributed by atoms with E-state index in [4.69, 9.17) is 4.74 Å². The molecule has 0 spiro atoms. The van der Waals surface area contributed by atoms with E-state index in [-0.39, 0.29) is 5.56 Å². The van der Waals surface area contributed by atoms with Crippen molar-refractivity contribution in [3.63, 3.8) is 0 Å². The molecule has 1 N–H and O–H groups in total. The van der Waals surface area contributed by atoms with E-state index in [1.165, 1.54) is 12.4 Å². The molecule has 0 unspecified atom stereocenters. The Kier molecular flexibility index (Phi) is 2.49. The first-order chi connectivity index (χ1) is 7.24. The SMILES string of the molecule is Cc1cccc(Oc2cc(=O)[nH]cn2)c1. The summed E-state index contributed by atoms with van der Waals surface area (Å²) in [6, 6.07) is 8.86. The first-order valence-corrected chi connectivity index (χ1v) is 4.53. The first kappa shape index (κ1) is 9.45. The summed E-state index contributed by atoms with van der Waals surface area (Å²) in [5.74, 6) is 0.970. The smallest absolute Gasteiger partial charge is 0.254 e. The maximum atomic E-state index is 11.0. The van der Waals surface area contributed by atoms with Gasteiger partial charge >= 0.3 is 0 Å². The van der Waals surface area contributed by atoms with E-state index >= 15 is 0 Å². The molecule has 2 rings (SSSR count). The molecule has 0 aliphatic carbocycles. The van der Waals surface area contributed by atoms with Crippen LogP contribution in [-0.2, 0) is 0 Å². The van der Waals surface area contributed by atoms with Crippen LogP contribution in [0.15, 0.2) is 41.5 Å². The zero-order chi connectivity index (χ0) is 10.7. The Morgan fingerprint density at radius 1 is 1.33 bits per heavy atom. The number of aromatic nitrogens is 2. The van der Waals surface area contributed by atoms with Crippen LogP contribution in [0.25, 0.3) is 0 Å². The number of rotatable bonds is 2. The van der Waals surface area contributed by atoms with Gasteiger partial charge in [0, 0.05) is 0 Å². The third kappa shape index (κ3) is 2.43. The molecule has 4 heteroatoms. The Labute approximate surface area is 86.6 Å². The van der Waals surface area contributed by atoms with Gasteiger partial charge < -0.3 is 9.72 Å². The van der Waals surface area contributed by atoms with Crippen LogP contribution in [0.4, 0.5) is 0 Å². The number of aromatic amines is 1. The molecular weight excluding hydrogens is 192 g/mol. The van der Waals surface area contributed by atoms with E-state index in [1.807, 2.05) is 31.2 Å². The fourth-order valence-electron chi connectivity index (χ4n) is 1.21. The minimum Gasteiger partial charge on any atom is -0.439 e. The molecule has 76 valence electrons. The Morgan fingerprint density at radius 3 is 2.93 bits per heavy atom. The third-order valence-electron chi connectivity index (χ3n) is 1.87. The lowest BCUT2D eigenvalue weighted by Crippen LogP contribution is -2.04. The third-order valence-corrected chi connectivity index (χ3v) is 1.87. The van der Waals surface area contributed by atoms with Gasteiger partial charge in [-0.3, -0.25) is 4.79 Å². The summed E-state index contributed by atoms with van der Waals surface area (Å²) in [5, 5.41) is 0. The molecule has 0 atom stereocenters. The summed E-state index contributed by atoms with van der Waals surface area (Å²) in [6.07, 6.45) is 1.31. The van der Waals surface area contributed by atoms with Gasteiger partial charge in [0.05, 0.1) is 12.4 Å². The standard InChI is InChI=1S/C11H10N2O2/c1-8-3-2-4-9(5-8)15-11-6-10(14)12-7-13-11/h2-7H,1H3,(H,12,13,14). The van der Waals surface area contributed by atoms with Crippen molar-refractivity contribution >= 4 is 0 Å². The fraction of sp³-hybridized carbons (Fsp3) is 0.0909. The summed E-state index contributed by atoms with van der Waals surface area (Å²) >= 11 is 0. The minimum atomic E-state index is -0.229. The van der Waals surface area contributed by atoms with Crippen LogP contribution in [0.2, 0.25) is 0 Å². The molecule has 4 nitrogen and oxygen atoms in total. The van der Waals surface area contributed by atoms with Gasteiger partial charge in [-0.1, -0.05) is 12.1 Å². The molecule has 0 radical (unpaired) electrons. The van der Waals surface area contributed by atoms with Crippen molar-refractivity contribution in [3.8, 4) is 11.6 Å². The lowest BCUT2D eigenvalue weighted by Gasteiger charge is -2.03. The fourth-order valence-corrected chi connectivity index (χ4v) is 1.21. The van der Waals surface area contributed by atoms with Crippen molar-refractivity contribution in [1.82, 2.24) is 9.97 Å². The van der Waals surface area contributed by atoms with Gasteiger partial charge in [0.25, 0.3) is 5.56 Å². The second-order valence-electron chi connectivity index (χ2n) is 3.17. The average Bonchev–Trinajstić information content (AvgIpc) is 2.17. The number of aryl methyl sites for hydroxylation is 1. The molecule has 2 aromatic rings. The molecule has 1 heterocycles. The highest BCUT2D eigenvalue weighted by molar-refractivity contribution is 5.30. The van der Waals surface area contributed by atoms with Gasteiger partial charge in [0.2, 0.25) is 5.88 Å². The first-order valence-electron chi connectivity index (χ1n) is 4.53. The van der Waals surface area contributed by atoms with E-state index in [9.17, 15) is 4.79 Å². The molecule has 0 amide bonds. The van der Waals surface area contributed by atoms with E-state index in [1.54, 1.807) is 0 Å². The molecule has 15 heavy (non-hydrogen) atoms. The average molecular weight is 202 g/mol. The van der Waals surface area contributed by atoms with Crippen LogP contribution in [0.5, 0.6) is 11.6 Å². The van der Waals surface area contributed by atoms with Crippen LogP contribution in [0, 0.1) is 6.92 Å². The number of hydrogen-bond acceptors (Lipinski definition) is 3. The van der Waals surface area contributed by atoms with Crippen LogP contribution in [0.1, 0.15) is 5.56 Å². The zero-order valence-electron chi connectivity index (χ0n) is 8.23. The highest BCUT2D eigenvalue weighted by atomic mass is 16.5. The number of H-pyrrole nitrogens is 1. The summed E-state index contributed by atoms with van der Waals surface area (Å²) in [5.41, 5.74) is 0.866. The van der Waals surface area contributed by atoms with Gasteiger partial charge in [-0.05, 0) is 24.6 Å². The Morgan fingerprint density at radius 2 is 2.20 bits per heavy atom. The highest BCUT2D eigenvalue weighted by Gasteiger charge is 1.98. The zero-order valence-corrected chi connectivity index (χ0v) is 8.23. The number of nitrogens with zero attached hydrogens (tertiary/aromatic N) is 1. The van der Waals surface area contributed by atoms with E-state index in [0.717, 1.165) is 5.56 Å². The minimum absolute atomic E-state index is 0.229.